The molecule has 0 bridgehead atoms. The molecule has 2 N–H and O–H groups in total. The van der Waals surface area contributed by atoms with E-state index in [-0.39, 0.29) is 12.6 Å². The van der Waals surface area contributed by atoms with Crippen LogP contribution in [0.3, 0.4) is 0 Å². The van der Waals surface area contributed by atoms with Crippen LogP contribution in [0.1, 0.15) is 28.3 Å². The third-order valence-corrected chi connectivity index (χ3v) is 6.89. The van der Waals surface area contributed by atoms with Gasteiger partial charge < -0.3 is 14.7 Å². The molecular formula is C23H30N2O2. The van der Waals surface area contributed by atoms with Crippen molar-refractivity contribution in [3.8, 4) is 5.75 Å². The van der Waals surface area contributed by atoms with E-state index < -0.39 is 5.54 Å². The van der Waals surface area contributed by atoms with Crippen LogP contribution >= 0.6 is 0 Å². The largest absolute Gasteiger partial charge is 0.496 e. The van der Waals surface area contributed by atoms with Crippen LogP contribution in [0.4, 0.5) is 0 Å². The second kappa shape index (κ2) is 6.93. The van der Waals surface area contributed by atoms with E-state index >= 15 is 0 Å². The number of aliphatic hydroxyl groups is 1. The smallest absolute Gasteiger partial charge is 0.122 e. The predicted octanol–water partition coefficient (Wildman–Crippen LogP) is 3.02. The highest BCUT2D eigenvalue weighted by Crippen LogP contribution is 2.52. The van der Waals surface area contributed by atoms with Gasteiger partial charge in [0.2, 0.25) is 0 Å². The summed E-state index contributed by atoms with van der Waals surface area (Å²) in [6.45, 7) is 6.46. The number of nitrogens with one attached hydrogen (secondary N) is 1. The maximum Gasteiger partial charge on any atom is 0.122 e. The predicted molar refractivity (Wildman–Crippen MR) is 108 cm³/mol. The Kier molecular flexibility index (Phi) is 4.75. The topological polar surface area (TPSA) is 44.7 Å². The average molecular weight is 367 g/mol. The number of hydrogen-bond acceptors (Lipinski definition) is 4. The molecule has 2 fully saturated rings. The Bertz CT molecular complexity index is 823. The van der Waals surface area contributed by atoms with E-state index in [9.17, 15) is 5.11 Å². The molecule has 0 saturated carbocycles. The molecule has 0 spiro atoms. The van der Waals surface area contributed by atoms with Gasteiger partial charge in [-0.05, 0) is 55.1 Å². The van der Waals surface area contributed by atoms with Crippen molar-refractivity contribution in [1.82, 2.24) is 10.2 Å². The van der Waals surface area contributed by atoms with Crippen molar-refractivity contribution in [2.45, 2.75) is 25.4 Å². The highest BCUT2D eigenvalue weighted by molar-refractivity contribution is 5.46. The van der Waals surface area contributed by atoms with E-state index in [2.05, 4.69) is 67.5 Å². The minimum absolute atomic E-state index is 0.108. The summed E-state index contributed by atoms with van der Waals surface area (Å²) in [4.78, 5) is 2.40. The molecule has 4 atom stereocenters. The third kappa shape index (κ3) is 2.78. The Labute approximate surface area is 162 Å². The Hall–Kier alpha value is -1.88. The fraction of sp³-hybridized carbons (Fsp3) is 0.478. The first-order valence-electron chi connectivity index (χ1n) is 9.78. The van der Waals surface area contributed by atoms with Crippen LogP contribution < -0.4 is 10.1 Å². The lowest BCUT2D eigenvalue weighted by molar-refractivity contribution is 0.129. The summed E-state index contributed by atoms with van der Waals surface area (Å²) in [5, 5.41) is 14.5. The molecule has 4 nitrogen and oxygen atoms in total. The fourth-order valence-electron chi connectivity index (χ4n) is 5.35. The molecule has 2 aromatic rings. The molecule has 4 heteroatoms. The molecule has 4 rings (SSSR count). The second-order valence-electron chi connectivity index (χ2n) is 8.22. The number of hydrogen-bond donors (Lipinski definition) is 2. The quantitative estimate of drug-likeness (QED) is 0.873. The highest BCUT2D eigenvalue weighted by atomic mass is 16.5. The molecule has 0 unspecified atom stereocenters. The maximum absolute atomic E-state index is 10.6. The molecular weight excluding hydrogens is 336 g/mol. The zero-order valence-electron chi connectivity index (χ0n) is 16.7. The van der Waals surface area contributed by atoms with Crippen LogP contribution in [-0.4, -0.2) is 43.9 Å². The second-order valence-corrected chi connectivity index (χ2v) is 8.22. The maximum atomic E-state index is 10.6. The molecule has 27 heavy (non-hydrogen) atoms. The van der Waals surface area contributed by atoms with Gasteiger partial charge in [0.25, 0.3) is 0 Å². The van der Waals surface area contributed by atoms with Crippen molar-refractivity contribution < 1.29 is 9.84 Å². The first-order chi connectivity index (χ1) is 13.0. The molecule has 0 aromatic heterocycles. The fourth-order valence-corrected chi connectivity index (χ4v) is 5.35. The van der Waals surface area contributed by atoms with Crippen molar-refractivity contribution in [3.63, 3.8) is 0 Å². The molecule has 144 valence electrons. The van der Waals surface area contributed by atoms with E-state index in [0.717, 1.165) is 18.8 Å². The number of nitrogens with zero attached hydrogens (tertiary/aromatic N) is 1. The summed E-state index contributed by atoms with van der Waals surface area (Å²) in [6.07, 6.45) is 0. The van der Waals surface area contributed by atoms with E-state index in [1.54, 1.807) is 7.11 Å². The first kappa shape index (κ1) is 18.5. The lowest BCUT2D eigenvalue weighted by atomic mass is 9.76. The van der Waals surface area contributed by atoms with Gasteiger partial charge >= 0.3 is 0 Å². The Morgan fingerprint density at radius 3 is 2.52 bits per heavy atom. The standard InChI is InChI=1S/C23H30N2O2/c1-15-16(2)21(27-4)11-10-18(15)22-19-12-25(3)13-20(19)23(14-26,24-22)17-8-6-5-7-9-17/h5-11,19-20,22,24,26H,12-14H2,1-4H3/t19-,20+,22-,23-/m1/s1. The average Bonchev–Trinajstić information content (AvgIpc) is 3.21. The van der Waals surface area contributed by atoms with Crippen LogP contribution in [0.2, 0.25) is 0 Å². The summed E-state index contributed by atoms with van der Waals surface area (Å²) in [7, 11) is 3.91. The van der Waals surface area contributed by atoms with Crippen molar-refractivity contribution in [2.24, 2.45) is 11.8 Å². The Morgan fingerprint density at radius 2 is 1.85 bits per heavy atom. The third-order valence-electron chi connectivity index (χ3n) is 6.89. The monoisotopic (exact) mass is 366 g/mol. The highest BCUT2D eigenvalue weighted by Gasteiger charge is 2.57. The minimum Gasteiger partial charge on any atom is -0.496 e. The van der Waals surface area contributed by atoms with Gasteiger partial charge in [0.15, 0.2) is 0 Å². The van der Waals surface area contributed by atoms with E-state index in [4.69, 9.17) is 4.74 Å². The van der Waals surface area contributed by atoms with E-state index in [0.29, 0.717) is 11.8 Å². The number of aliphatic hydroxyl groups excluding tert-OH is 1. The van der Waals surface area contributed by atoms with Crippen molar-refractivity contribution in [1.29, 1.82) is 0 Å². The van der Waals surface area contributed by atoms with Gasteiger partial charge in [0.1, 0.15) is 5.75 Å². The van der Waals surface area contributed by atoms with Gasteiger partial charge in [-0.3, -0.25) is 5.32 Å². The number of rotatable bonds is 4. The molecule has 0 aliphatic carbocycles. The van der Waals surface area contributed by atoms with Gasteiger partial charge in [-0.2, -0.15) is 0 Å². The normalized spacial score (nSPS) is 30.5. The molecule has 0 radical (unpaired) electrons. The lowest BCUT2D eigenvalue weighted by Crippen LogP contribution is -2.47. The Morgan fingerprint density at radius 1 is 1.11 bits per heavy atom. The van der Waals surface area contributed by atoms with E-state index in [1.807, 2.05) is 6.07 Å². The van der Waals surface area contributed by atoms with E-state index in [1.165, 1.54) is 22.3 Å². The van der Waals surface area contributed by atoms with Crippen molar-refractivity contribution in [2.75, 3.05) is 33.9 Å². The molecule has 2 aromatic carbocycles. The summed E-state index contributed by atoms with van der Waals surface area (Å²) >= 11 is 0. The summed E-state index contributed by atoms with van der Waals surface area (Å²) in [5.41, 5.74) is 4.58. The zero-order valence-corrected chi connectivity index (χ0v) is 16.7. The van der Waals surface area contributed by atoms with Crippen LogP contribution in [0.25, 0.3) is 0 Å². The number of methoxy groups -OCH3 is 1. The number of likely N-dealkylation sites (tertiary alicyclic amines) is 1. The van der Waals surface area contributed by atoms with Crippen LogP contribution in [0, 0.1) is 25.7 Å². The molecule has 2 aliphatic rings. The van der Waals surface area contributed by atoms with Gasteiger partial charge in [-0.1, -0.05) is 36.4 Å². The molecule has 2 saturated heterocycles. The van der Waals surface area contributed by atoms with Crippen LogP contribution in [0.15, 0.2) is 42.5 Å². The van der Waals surface area contributed by atoms with Crippen LogP contribution in [-0.2, 0) is 5.54 Å². The SMILES string of the molecule is COc1ccc([C@H]2N[C@](CO)(c3ccccc3)[C@H]3CN(C)C[C@@H]23)c(C)c1C. The Balaban J connectivity index is 1.81. The van der Waals surface area contributed by atoms with Gasteiger partial charge in [-0.15, -0.1) is 0 Å². The van der Waals surface area contributed by atoms with Crippen molar-refractivity contribution in [3.05, 3.63) is 64.7 Å². The van der Waals surface area contributed by atoms with Gasteiger partial charge in [0, 0.05) is 25.0 Å². The van der Waals surface area contributed by atoms with Gasteiger partial charge in [-0.25, -0.2) is 0 Å². The number of ether oxygens (including phenoxy) is 1. The minimum atomic E-state index is -0.401. The molecule has 2 heterocycles. The zero-order chi connectivity index (χ0) is 19.2. The number of benzene rings is 2. The summed E-state index contributed by atoms with van der Waals surface area (Å²) < 4.78 is 5.51. The summed E-state index contributed by atoms with van der Waals surface area (Å²) in [5.74, 6) is 1.78. The van der Waals surface area contributed by atoms with Crippen molar-refractivity contribution >= 4 is 0 Å². The molecule has 2 aliphatic heterocycles. The van der Waals surface area contributed by atoms with Gasteiger partial charge in [0.05, 0.1) is 19.3 Å². The number of fused-ring (bicyclic) bond motifs is 1. The molecule has 0 amide bonds. The lowest BCUT2D eigenvalue weighted by Gasteiger charge is -2.35. The first-order valence-corrected chi connectivity index (χ1v) is 9.78. The van der Waals surface area contributed by atoms with Crippen LogP contribution in [0.5, 0.6) is 5.75 Å². The summed E-state index contributed by atoms with van der Waals surface area (Å²) in [6, 6.07) is 15.0.